The SMILES string of the molecule is CN(CC(=O)NC(C)(C)C)C(=O)C1CSCN1C(=O)C(C)(C)C. The quantitative estimate of drug-likeness (QED) is 0.839. The summed E-state index contributed by atoms with van der Waals surface area (Å²) in [4.78, 5) is 40.1. The molecule has 1 rings (SSSR count). The first-order valence-corrected chi connectivity index (χ1v) is 8.93. The number of nitrogens with zero attached hydrogens (tertiary/aromatic N) is 2. The van der Waals surface area contributed by atoms with Gasteiger partial charge in [0.15, 0.2) is 0 Å². The van der Waals surface area contributed by atoms with E-state index in [9.17, 15) is 14.4 Å². The predicted molar refractivity (Wildman–Crippen MR) is 92.9 cm³/mol. The smallest absolute Gasteiger partial charge is 0.246 e. The minimum atomic E-state index is -0.522. The fourth-order valence-electron chi connectivity index (χ4n) is 2.28. The first kappa shape index (κ1) is 19.8. The van der Waals surface area contributed by atoms with E-state index >= 15 is 0 Å². The van der Waals surface area contributed by atoms with Crippen LogP contribution in [-0.4, -0.2) is 64.3 Å². The first-order chi connectivity index (χ1) is 10.3. The molecule has 0 aromatic rings. The Kier molecular flexibility index (Phi) is 6.12. The average molecular weight is 343 g/mol. The van der Waals surface area contributed by atoms with Crippen LogP contribution in [0.25, 0.3) is 0 Å². The predicted octanol–water partition coefficient (Wildman–Crippen LogP) is 1.31. The molecule has 0 saturated carbocycles. The Balaban J connectivity index is 2.72. The van der Waals surface area contributed by atoms with Gasteiger partial charge in [0.25, 0.3) is 0 Å². The summed E-state index contributed by atoms with van der Waals surface area (Å²) >= 11 is 1.57. The van der Waals surface area contributed by atoms with Crippen molar-refractivity contribution >= 4 is 29.5 Å². The van der Waals surface area contributed by atoms with Crippen LogP contribution in [0.5, 0.6) is 0 Å². The number of hydrogen-bond donors (Lipinski definition) is 1. The lowest BCUT2D eigenvalue weighted by Gasteiger charge is -2.32. The molecule has 132 valence electrons. The summed E-state index contributed by atoms with van der Waals surface area (Å²) < 4.78 is 0. The molecule has 6 nitrogen and oxygen atoms in total. The molecule has 3 amide bonds. The fraction of sp³-hybridized carbons (Fsp3) is 0.812. The van der Waals surface area contributed by atoms with Crippen LogP contribution in [0.4, 0.5) is 0 Å². The zero-order chi connectivity index (χ0) is 18.0. The van der Waals surface area contributed by atoms with Gasteiger partial charge in [-0.15, -0.1) is 11.8 Å². The Morgan fingerprint density at radius 2 is 1.74 bits per heavy atom. The summed E-state index contributed by atoms with van der Waals surface area (Å²) in [6.07, 6.45) is 0. The minimum absolute atomic E-state index is 0.00514. The van der Waals surface area contributed by atoms with Gasteiger partial charge in [0, 0.05) is 23.8 Å². The molecule has 0 radical (unpaired) electrons. The van der Waals surface area contributed by atoms with E-state index in [-0.39, 0.29) is 29.8 Å². The number of rotatable bonds is 3. The van der Waals surface area contributed by atoms with Gasteiger partial charge in [-0.1, -0.05) is 20.8 Å². The number of carbonyl (C=O) groups excluding carboxylic acids is 3. The van der Waals surface area contributed by atoms with Gasteiger partial charge in [0.2, 0.25) is 17.7 Å². The van der Waals surface area contributed by atoms with E-state index in [1.165, 1.54) is 4.90 Å². The molecule has 1 aliphatic heterocycles. The maximum absolute atomic E-state index is 12.6. The molecule has 0 aromatic carbocycles. The Morgan fingerprint density at radius 1 is 1.17 bits per heavy atom. The molecule has 0 bridgehead atoms. The van der Waals surface area contributed by atoms with Crippen LogP contribution >= 0.6 is 11.8 Å². The van der Waals surface area contributed by atoms with Gasteiger partial charge in [-0.2, -0.15) is 0 Å². The molecule has 23 heavy (non-hydrogen) atoms. The minimum Gasteiger partial charge on any atom is -0.350 e. The highest BCUT2D eigenvalue weighted by atomic mass is 32.2. The van der Waals surface area contributed by atoms with Gasteiger partial charge in [-0.3, -0.25) is 14.4 Å². The fourth-order valence-corrected chi connectivity index (χ4v) is 3.43. The average Bonchev–Trinajstić information content (AvgIpc) is 2.81. The molecule has 0 spiro atoms. The van der Waals surface area contributed by atoms with Crippen molar-refractivity contribution < 1.29 is 14.4 Å². The van der Waals surface area contributed by atoms with Crippen LogP contribution in [0, 0.1) is 5.41 Å². The van der Waals surface area contributed by atoms with Crippen LogP contribution in [-0.2, 0) is 14.4 Å². The van der Waals surface area contributed by atoms with Crippen molar-refractivity contribution in [1.82, 2.24) is 15.1 Å². The highest BCUT2D eigenvalue weighted by molar-refractivity contribution is 7.99. The van der Waals surface area contributed by atoms with Crippen LogP contribution in [0.15, 0.2) is 0 Å². The van der Waals surface area contributed by atoms with E-state index < -0.39 is 11.5 Å². The van der Waals surface area contributed by atoms with Crippen LogP contribution in [0.3, 0.4) is 0 Å². The normalized spacial score (nSPS) is 18.7. The second-order valence-electron chi connectivity index (χ2n) is 8.03. The Morgan fingerprint density at radius 3 is 2.22 bits per heavy atom. The molecule has 7 heteroatoms. The lowest BCUT2D eigenvalue weighted by Crippen LogP contribution is -2.53. The molecule has 0 aliphatic carbocycles. The van der Waals surface area contributed by atoms with Crippen molar-refractivity contribution in [3.63, 3.8) is 0 Å². The summed E-state index contributed by atoms with van der Waals surface area (Å²) in [7, 11) is 1.60. The third-order valence-corrected chi connectivity index (χ3v) is 4.35. The maximum atomic E-state index is 12.6. The molecule has 1 fully saturated rings. The standard InChI is InChI=1S/C16H29N3O3S/c1-15(2,3)14(22)19-10-23-9-11(19)13(21)18(7)8-12(20)17-16(4,5)6/h11H,8-10H2,1-7H3,(H,17,20). The van der Waals surface area contributed by atoms with E-state index in [1.54, 1.807) is 23.7 Å². The maximum Gasteiger partial charge on any atom is 0.246 e. The van der Waals surface area contributed by atoms with E-state index in [4.69, 9.17) is 0 Å². The number of likely N-dealkylation sites (N-methyl/N-ethyl adjacent to an activating group) is 1. The molecule has 1 unspecified atom stereocenters. The van der Waals surface area contributed by atoms with Gasteiger partial charge in [0.1, 0.15) is 6.04 Å². The summed E-state index contributed by atoms with van der Waals surface area (Å²) in [6, 6.07) is -0.487. The van der Waals surface area contributed by atoms with Crippen LogP contribution < -0.4 is 5.32 Å². The third kappa shape index (κ3) is 5.71. The van der Waals surface area contributed by atoms with E-state index in [0.29, 0.717) is 11.6 Å². The monoisotopic (exact) mass is 343 g/mol. The summed E-state index contributed by atoms with van der Waals surface area (Å²) in [5, 5.41) is 2.84. The van der Waals surface area contributed by atoms with Gasteiger partial charge >= 0.3 is 0 Å². The molecular formula is C16H29N3O3S. The first-order valence-electron chi connectivity index (χ1n) is 7.78. The number of nitrogens with one attached hydrogen (secondary N) is 1. The third-order valence-electron chi connectivity index (χ3n) is 3.34. The van der Waals surface area contributed by atoms with Crippen LogP contribution in [0.1, 0.15) is 41.5 Å². The van der Waals surface area contributed by atoms with Gasteiger partial charge in [0.05, 0.1) is 12.4 Å². The zero-order valence-electron chi connectivity index (χ0n) is 15.2. The number of hydrogen-bond acceptors (Lipinski definition) is 4. The highest BCUT2D eigenvalue weighted by Crippen LogP contribution is 2.28. The molecule has 1 N–H and O–H groups in total. The van der Waals surface area contributed by atoms with Crippen LogP contribution in [0.2, 0.25) is 0 Å². The zero-order valence-corrected chi connectivity index (χ0v) is 16.0. The van der Waals surface area contributed by atoms with E-state index in [1.807, 2.05) is 41.5 Å². The lowest BCUT2D eigenvalue weighted by molar-refractivity contribution is -0.148. The van der Waals surface area contributed by atoms with Crippen molar-refractivity contribution in [2.24, 2.45) is 5.41 Å². The van der Waals surface area contributed by atoms with Crippen molar-refractivity contribution in [3.05, 3.63) is 0 Å². The Labute approximate surface area is 143 Å². The van der Waals surface area contributed by atoms with Crippen molar-refractivity contribution in [2.45, 2.75) is 53.1 Å². The molecule has 1 heterocycles. The largest absolute Gasteiger partial charge is 0.350 e. The summed E-state index contributed by atoms with van der Waals surface area (Å²) in [6.45, 7) is 11.2. The van der Waals surface area contributed by atoms with E-state index in [2.05, 4.69) is 5.32 Å². The van der Waals surface area contributed by atoms with Gasteiger partial charge in [-0.25, -0.2) is 0 Å². The molecular weight excluding hydrogens is 314 g/mol. The lowest BCUT2D eigenvalue weighted by atomic mass is 9.94. The Hall–Kier alpha value is -1.24. The molecule has 0 aromatic heterocycles. The second kappa shape index (κ2) is 7.11. The van der Waals surface area contributed by atoms with Gasteiger partial charge in [-0.05, 0) is 20.8 Å². The molecule has 1 aliphatic rings. The van der Waals surface area contributed by atoms with Crippen molar-refractivity contribution in [3.8, 4) is 0 Å². The number of thioether (sulfide) groups is 1. The molecule has 1 saturated heterocycles. The number of carbonyl (C=O) groups is 3. The molecule has 1 atom stereocenters. The Bertz CT molecular complexity index is 480. The highest BCUT2D eigenvalue weighted by Gasteiger charge is 2.40. The van der Waals surface area contributed by atoms with Crippen molar-refractivity contribution in [1.29, 1.82) is 0 Å². The summed E-state index contributed by atoms with van der Waals surface area (Å²) in [5.74, 6) is 0.679. The van der Waals surface area contributed by atoms with E-state index in [0.717, 1.165) is 0 Å². The van der Waals surface area contributed by atoms with Crippen molar-refractivity contribution in [2.75, 3.05) is 25.2 Å². The topological polar surface area (TPSA) is 69.7 Å². The number of amides is 3. The van der Waals surface area contributed by atoms with Gasteiger partial charge < -0.3 is 15.1 Å². The summed E-state index contributed by atoms with van der Waals surface area (Å²) in [5.41, 5.74) is -0.857. The second-order valence-corrected chi connectivity index (χ2v) is 9.03.